The fourth-order valence-electron chi connectivity index (χ4n) is 1.04. The van der Waals surface area contributed by atoms with E-state index < -0.39 is 0 Å². The van der Waals surface area contributed by atoms with E-state index >= 15 is 0 Å². The molecule has 0 bridgehead atoms. The van der Waals surface area contributed by atoms with E-state index in [1.54, 1.807) is 6.92 Å². The standard InChI is InChI=1S/C11H15NO2/c1-9(8-13)11(14)12-7-10-5-3-2-4-6-10/h2-6,9,13H,7-8H2,1H3,(H,12,14). The molecule has 1 aromatic carbocycles. The minimum absolute atomic E-state index is 0.110. The third-order valence-corrected chi connectivity index (χ3v) is 2.03. The number of amides is 1. The minimum Gasteiger partial charge on any atom is -0.396 e. The van der Waals surface area contributed by atoms with E-state index in [0.29, 0.717) is 6.54 Å². The van der Waals surface area contributed by atoms with Crippen LogP contribution in [0.1, 0.15) is 12.5 Å². The van der Waals surface area contributed by atoms with Gasteiger partial charge in [-0.15, -0.1) is 0 Å². The van der Waals surface area contributed by atoms with Gasteiger partial charge in [-0.3, -0.25) is 4.79 Å². The van der Waals surface area contributed by atoms with Crippen molar-refractivity contribution in [3.63, 3.8) is 0 Å². The van der Waals surface area contributed by atoms with Crippen LogP contribution in [0.15, 0.2) is 30.3 Å². The molecule has 0 aromatic heterocycles. The van der Waals surface area contributed by atoms with Gasteiger partial charge in [-0.1, -0.05) is 37.3 Å². The third-order valence-electron chi connectivity index (χ3n) is 2.03. The maximum atomic E-state index is 11.3. The average Bonchev–Trinajstić information content (AvgIpc) is 2.26. The van der Waals surface area contributed by atoms with Crippen molar-refractivity contribution >= 4 is 5.91 Å². The Hall–Kier alpha value is -1.35. The van der Waals surface area contributed by atoms with E-state index in [-0.39, 0.29) is 18.4 Å². The Morgan fingerprint density at radius 3 is 2.64 bits per heavy atom. The van der Waals surface area contributed by atoms with E-state index in [0.717, 1.165) is 5.56 Å². The van der Waals surface area contributed by atoms with E-state index in [1.165, 1.54) is 0 Å². The summed E-state index contributed by atoms with van der Waals surface area (Å²) < 4.78 is 0. The smallest absolute Gasteiger partial charge is 0.225 e. The van der Waals surface area contributed by atoms with Gasteiger partial charge in [0.1, 0.15) is 0 Å². The van der Waals surface area contributed by atoms with Crippen LogP contribution in [0.5, 0.6) is 0 Å². The molecule has 2 N–H and O–H groups in total. The number of nitrogens with one attached hydrogen (secondary N) is 1. The zero-order valence-electron chi connectivity index (χ0n) is 8.23. The van der Waals surface area contributed by atoms with Crippen LogP contribution in [-0.4, -0.2) is 17.6 Å². The van der Waals surface area contributed by atoms with Gasteiger partial charge in [0.15, 0.2) is 0 Å². The van der Waals surface area contributed by atoms with Crippen molar-refractivity contribution in [2.45, 2.75) is 13.5 Å². The summed E-state index contributed by atoms with van der Waals surface area (Å²) in [4.78, 5) is 11.3. The van der Waals surface area contributed by atoms with Crippen LogP contribution in [0.3, 0.4) is 0 Å². The molecule has 1 unspecified atom stereocenters. The number of aliphatic hydroxyl groups excluding tert-OH is 1. The Labute approximate surface area is 83.8 Å². The zero-order chi connectivity index (χ0) is 10.4. The number of carbonyl (C=O) groups is 1. The second-order valence-electron chi connectivity index (χ2n) is 3.29. The molecule has 0 radical (unpaired) electrons. The molecule has 1 rings (SSSR count). The maximum Gasteiger partial charge on any atom is 0.225 e. The fraction of sp³-hybridized carbons (Fsp3) is 0.364. The van der Waals surface area contributed by atoms with Crippen molar-refractivity contribution < 1.29 is 9.90 Å². The molecule has 0 saturated heterocycles. The van der Waals surface area contributed by atoms with Gasteiger partial charge in [0.2, 0.25) is 5.91 Å². The van der Waals surface area contributed by atoms with Gasteiger partial charge in [-0.2, -0.15) is 0 Å². The molecule has 1 amide bonds. The van der Waals surface area contributed by atoms with E-state index in [2.05, 4.69) is 5.32 Å². The summed E-state index contributed by atoms with van der Waals surface area (Å²) in [6, 6.07) is 9.68. The van der Waals surface area contributed by atoms with Crippen LogP contribution < -0.4 is 5.32 Å². The molecule has 3 heteroatoms. The highest BCUT2D eigenvalue weighted by atomic mass is 16.3. The summed E-state index contributed by atoms with van der Waals surface area (Å²) >= 11 is 0. The second-order valence-corrected chi connectivity index (χ2v) is 3.29. The van der Waals surface area contributed by atoms with Crippen molar-refractivity contribution in [1.29, 1.82) is 0 Å². The van der Waals surface area contributed by atoms with E-state index in [9.17, 15) is 4.79 Å². The molecule has 1 atom stereocenters. The first kappa shape index (κ1) is 10.7. The first-order valence-corrected chi connectivity index (χ1v) is 4.66. The molecule has 0 aliphatic heterocycles. The van der Waals surface area contributed by atoms with Gasteiger partial charge in [0, 0.05) is 6.54 Å². The van der Waals surface area contributed by atoms with Crippen molar-refractivity contribution in [3.05, 3.63) is 35.9 Å². The normalized spacial score (nSPS) is 12.1. The molecule has 0 heterocycles. The summed E-state index contributed by atoms with van der Waals surface area (Å²) in [6.45, 7) is 2.10. The molecule has 0 aliphatic rings. The van der Waals surface area contributed by atoms with Gasteiger partial charge in [-0.05, 0) is 5.56 Å². The summed E-state index contributed by atoms with van der Waals surface area (Å²) in [7, 11) is 0. The SMILES string of the molecule is CC(CO)C(=O)NCc1ccccc1. The molecule has 0 spiro atoms. The number of carbonyl (C=O) groups excluding carboxylic acids is 1. The van der Waals surface area contributed by atoms with Crippen molar-refractivity contribution in [1.82, 2.24) is 5.32 Å². The second kappa shape index (κ2) is 5.40. The lowest BCUT2D eigenvalue weighted by Crippen LogP contribution is -2.30. The molecule has 1 aromatic rings. The van der Waals surface area contributed by atoms with Gasteiger partial charge < -0.3 is 10.4 Å². The fourth-order valence-corrected chi connectivity index (χ4v) is 1.04. The maximum absolute atomic E-state index is 11.3. The molecule has 3 nitrogen and oxygen atoms in total. The quantitative estimate of drug-likeness (QED) is 0.747. The Kier molecular flexibility index (Phi) is 4.13. The Balaban J connectivity index is 2.38. The molecule has 14 heavy (non-hydrogen) atoms. The van der Waals surface area contributed by atoms with Crippen LogP contribution in [0, 0.1) is 5.92 Å². The summed E-state index contributed by atoms with van der Waals surface area (Å²) in [5.74, 6) is -0.449. The van der Waals surface area contributed by atoms with Crippen LogP contribution in [0.2, 0.25) is 0 Å². The molecule has 0 aliphatic carbocycles. The van der Waals surface area contributed by atoms with Crippen molar-refractivity contribution in [3.8, 4) is 0 Å². The first-order chi connectivity index (χ1) is 6.74. The largest absolute Gasteiger partial charge is 0.396 e. The average molecular weight is 193 g/mol. The Morgan fingerprint density at radius 2 is 2.07 bits per heavy atom. The molecule has 0 saturated carbocycles. The van der Waals surface area contributed by atoms with Gasteiger partial charge in [0.05, 0.1) is 12.5 Å². The van der Waals surface area contributed by atoms with Crippen LogP contribution in [-0.2, 0) is 11.3 Å². The zero-order valence-corrected chi connectivity index (χ0v) is 8.23. The number of hydrogen-bond donors (Lipinski definition) is 2. The third kappa shape index (κ3) is 3.18. The lowest BCUT2D eigenvalue weighted by Gasteiger charge is -2.09. The lowest BCUT2D eigenvalue weighted by molar-refractivity contribution is -0.125. The number of benzene rings is 1. The Morgan fingerprint density at radius 1 is 1.43 bits per heavy atom. The van der Waals surface area contributed by atoms with Crippen molar-refractivity contribution in [2.75, 3.05) is 6.61 Å². The van der Waals surface area contributed by atoms with Crippen LogP contribution >= 0.6 is 0 Å². The van der Waals surface area contributed by atoms with Gasteiger partial charge in [-0.25, -0.2) is 0 Å². The highest BCUT2D eigenvalue weighted by molar-refractivity contribution is 5.78. The summed E-state index contributed by atoms with van der Waals surface area (Å²) in [6.07, 6.45) is 0. The van der Waals surface area contributed by atoms with Gasteiger partial charge >= 0.3 is 0 Å². The summed E-state index contributed by atoms with van der Waals surface area (Å²) in [5.41, 5.74) is 1.06. The van der Waals surface area contributed by atoms with Gasteiger partial charge in [0.25, 0.3) is 0 Å². The molecular formula is C11H15NO2. The number of rotatable bonds is 4. The van der Waals surface area contributed by atoms with E-state index in [4.69, 9.17) is 5.11 Å². The van der Waals surface area contributed by atoms with E-state index in [1.807, 2.05) is 30.3 Å². The highest BCUT2D eigenvalue weighted by Crippen LogP contribution is 1.99. The molecule has 0 fully saturated rings. The Bertz CT molecular complexity index is 285. The van der Waals surface area contributed by atoms with Crippen LogP contribution in [0.25, 0.3) is 0 Å². The monoisotopic (exact) mass is 193 g/mol. The van der Waals surface area contributed by atoms with Crippen molar-refractivity contribution in [2.24, 2.45) is 5.92 Å². The highest BCUT2D eigenvalue weighted by Gasteiger charge is 2.09. The molecule has 76 valence electrons. The predicted octanol–water partition coefficient (Wildman–Crippen LogP) is 0.931. The van der Waals surface area contributed by atoms with Crippen LogP contribution in [0.4, 0.5) is 0 Å². The predicted molar refractivity (Wildman–Crippen MR) is 54.5 cm³/mol. The minimum atomic E-state index is -0.335. The molecular weight excluding hydrogens is 178 g/mol. The number of aliphatic hydroxyl groups is 1. The topological polar surface area (TPSA) is 49.3 Å². The number of hydrogen-bond acceptors (Lipinski definition) is 2. The summed E-state index contributed by atoms with van der Waals surface area (Å²) in [5, 5.41) is 11.5. The lowest BCUT2D eigenvalue weighted by atomic mass is 10.1. The first-order valence-electron chi connectivity index (χ1n) is 4.66.